The Balaban J connectivity index is 2.29. The fourth-order valence-electron chi connectivity index (χ4n) is 2.02. The lowest BCUT2D eigenvalue weighted by Gasteiger charge is -2.15. The maximum Gasteiger partial charge on any atom is 0.118 e. The molecule has 0 aliphatic rings. The second-order valence-corrected chi connectivity index (χ2v) is 4.75. The van der Waals surface area contributed by atoms with Crippen molar-refractivity contribution < 1.29 is 14.9 Å². The molecule has 1 atom stereocenters. The van der Waals surface area contributed by atoms with Crippen LogP contribution >= 0.6 is 0 Å². The van der Waals surface area contributed by atoms with Crippen LogP contribution in [0, 0.1) is 0 Å². The number of ether oxygens (including phenoxy) is 1. The number of nitrogens with two attached hydrogens (primary N) is 1. The van der Waals surface area contributed by atoms with Crippen LogP contribution in [0.4, 0.5) is 11.4 Å². The summed E-state index contributed by atoms with van der Waals surface area (Å²) in [4.78, 5) is 0. The molecule has 0 heterocycles. The predicted octanol–water partition coefficient (Wildman–Crippen LogP) is 1.71. The Morgan fingerprint density at radius 2 is 1.90 bits per heavy atom. The van der Waals surface area contributed by atoms with E-state index in [1.807, 2.05) is 36.4 Å². The Labute approximate surface area is 124 Å². The van der Waals surface area contributed by atoms with Gasteiger partial charge < -0.3 is 26.0 Å². The third kappa shape index (κ3) is 3.87. The van der Waals surface area contributed by atoms with Crippen molar-refractivity contribution in [3.05, 3.63) is 42.5 Å². The molecule has 0 saturated carbocycles. The number of benzene rings is 2. The van der Waals surface area contributed by atoms with Crippen molar-refractivity contribution in [1.82, 2.24) is 0 Å². The van der Waals surface area contributed by atoms with E-state index in [-0.39, 0.29) is 13.2 Å². The van der Waals surface area contributed by atoms with Gasteiger partial charge >= 0.3 is 0 Å². The van der Waals surface area contributed by atoms with Crippen LogP contribution in [0.5, 0.6) is 5.75 Å². The number of methoxy groups -OCH3 is 1. The summed E-state index contributed by atoms with van der Waals surface area (Å²) in [6, 6.07) is 13.2. The third-order valence-electron chi connectivity index (χ3n) is 3.18. The first-order chi connectivity index (χ1) is 10.1. The predicted molar refractivity (Wildman–Crippen MR) is 84.4 cm³/mol. The summed E-state index contributed by atoms with van der Waals surface area (Å²) in [6.45, 7) is -0.0105. The first-order valence-electron chi connectivity index (χ1n) is 6.70. The molecule has 112 valence electrons. The molecule has 5 N–H and O–H groups in total. The van der Waals surface area contributed by atoms with Crippen molar-refractivity contribution in [2.45, 2.75) is 6.10 Å². The highest BCUT2D eigenvalue weighted by Crippen LogP contribution is 2.31. The lowest BCUT2D eigenvalue weighted by molar-refractivity contribution is 0.105. The molecule has 0 aliphatic heterocycles. The van der Waals surface area contributed by atoms with Crippen LogP contribution in [-0.2, 0) is 0 Å². The number of nitrogens with one attached hydrogen (secondary N) is 1. The molecule has 5 heteroatoms. The Morgan fingerprint density at radius 1 is 1.19 bits per heavy atom. The molecule has 0 saturated heterocycles. The molecule has 2 aromatic rings. The lowest BCUT2D eigenvalue weighted by atomic mass is 10.0. The van der Waals surface area contributed by atoms with Crippen LogP contribution in [-0.4, -0.2) is 36.6 Å². The van der Waals surface area contributed by atoms with Gasteiger partial charge in [-0.25, -0.2) is 0 Å². The van der Waals surface area contributed by atoms with E-state index in [9.17, 15) is 5.11 Å². The van der Waals surface area contributed by atoms with E-state index in [0.717, 1.165) is 22.6 Å². The summed E-state index contributed by atoms with van der Waals surface area (Å²) in [5, 5.41) is 21.4. The maximum absolute atomic E-state index is 9.45. The average molecular weight is 288 g/mol. The summed E-state index contributed by atoms with van der Waals surface area (Å²) in [7, 11) is 1.62. The lowest BCUT2D eigenvalue weighted by Crippen LogP contribution is -2.23. The first-order valence-corrected chi connectivity index (χ1v) is 6.70. The Kier molecular flexibility index (Phi) is 5.03. The van der Waals surface area contributed by atoms with Gasteiger partial charge in [0, 0.05) is 23.5 Å². The number of rotatable bonds is 6. The van der Waals surface area contributed by atoms with E-state index in [4.69, 9.17) is 15.6 Å². The van der Waals surface area contributed by atoms with E-state index < -0.39 is 6.10 Å². The minimum Gasteiger partial charge on any atom is -0.497 e. The van der Waals surface area contributed by atoms with Crippen molar-refractivity contribution in [3.8, 4) is 16.9 Å². The summed E-state index contributed by atoms with van der Waals surface area (Å²) in [5.74, 6) is 0.785. The zero-order chi connectivity index (χ0) is 15.2. The number of hydrogen-bond acceptors (Lipinski definition) is 5. The standard InChI is InChI=1S/C16H20N2O3/c1-21-14-5-2-11(3-6-14)15-8-12(17)4-7-16(15)18-9-13(20)10-19/h2-8,13,18-20H,9-10,17H2,1H3. The normalized spacial score (nSPS) is 12.0. The highest BCUT2D eigenvalue weighted by molar-refractivity contribution is 5.81. The van der Waals surface area contributed by atoms with Gasteiger partial charge in [0.2, 0.25) is 0 Å². The fraction of sp³-hybridized carbons (Fsp3) is 0.250. The molecule has 2 aromatic carbocycles. The topological polar surface area (TPSA) is 87.7 Å². The zero-order valence-corrected chi connectivity index (χ0v) is 11.9. The molecule has 1 unspecified atom stereocenters. The van der Waals surface area contributed by atoms with Gasteiger partial charge in [-0.15, -0.1) is 0 Å². The van der Waals surface area contributed by atoms with Crippen LogP contribution in [0.25, 0.3) is 11.1 Å². The van der Waals surface area contributed by atoms with Gasteiger partial charge in [-0.3, -0.25) is 0 Å². The summed E-state index contributed by atoms with van der Waals surface area (Å²) in [6.07, 6.45) is -0.800. The molecule has 0 aromatic heterocycles. The van der Waals surface area contributed by atoms with E-state index in [1.165, 1.54) is 0 Å². The number of hydrogen-bond donors (Lipinski definition) is 4. The van der Waals surface area contributed by atoms with E-state index >= 15 is 0 Å². The van der Waals surface area contributed by atoms with Crippen LogP contribution in [0.3, 0.4) is 0 Å². The smallest absolute Gasteiger partial charge is 0.118 e. The molecule has 2 rings (SSSR count). The van der Waals surface area contributed by atoms with Crippen LogP contribution < -0.4 is 15.8 Å². The van der Waals surface area contributed by atoms with E-state index in [1.54, 1.807) is 13.2 Å². The molecule has 0 spiro atoms. The van der Waals surface area contributed by atoms with E-state index in [2.05, 4.69) is 5.32 Å². The zero-order valence-electron chi connectivity index (χ0n) is 11.9. The van der Waals surface area contributed by atoms with E-state index in [0.29, 0.717) is 5.69 Å². The minimum absolute atomic E-state index is 0.267. The Hall–Kier alpha value is -2.24. The quantitative estimate of drug-likeness (QED) is 0.608. The number of aliphatic hydroxyl groups is 2. The average Bonchev–Trinajstić information content (AvgIpc) is 2.53. The van der Waals surface area contributed by atoms with Crippen molar-refractivity contribution in [2.24, 2.45) is 0 Å². The van der Waals surface area contributed by atoms with Crippen LogP contribution in [0.15, 0.2) is 42.5 Å². The third-order valence-corrected chi connectivity index (χ3v) is 3.18. The van der Waals surface area contributed by atoms with Crippen molar-refractivity contribution in [2.75, 3.05) is 31.3 Å². The van der Waals surface area contributed by atoms with Gasteiger partial charge in [-0.2, -0.15) is 0 Å². The highest BCUT2D eigenvalue weighted by Gasteiger charge is 2.08. The summed E-state index contributed by atoms with van der Waals surface area (Å²) >= 11 is 0. The maximum atomic E-state index is 9.45. The highest BCUT2D eigenvalue weighted by atomic mass is 16.5. The first kappa shape index (κ1) is 15.2. The molecule has 0 fully saturated rings. The van der Waals surface area contributed by atoms with Crippen molar-refractivity contribution in [1.29, 1.82) is 0 Å². The second-order valence-electron chi connectivity index (χ2n) is 4.75. The van der Waals surface area contributed by atoms with Crippen LogP contribution in [0.2, 0.25) is 0 Å². The van der Waals surface area contributed by atoms with Gasteiger partial charge in [0.1, 0.15) is 5.75 Å². The van der Waals surface area contributed by atoms with Gasteiger partial charge in [0.25, 0.3) is 0 Å². The van der Waals surface area contributed by atoms with Gasteiger partial charge in [-0.05, 0) is 35.9 Å². The minimum atomic E-state index is -0.800. The van der Waals surface area contributed by atoms with Crippen molar-refractivity contribution >= 4 is 11.4 Å². The van der Waals surface area contributed by atoms with Crippen molar-refractivity contribution in [3.63, 3.8) is 0 Å². The Bertz CT molecular complexity index is 585. The number of nitrogen functional groups attached to an aromatic ring is 1. The van der Waals surface area contributed by atoms with Gasteiger partial charge in [0.15, 0.2) is 0 Å². The summed E-state index contributed by atoms with van der Waals surface area (Å²) < 4.78 is 5.15. The molecule has 0 radical (unpaired) electrons. The number of anilines is 2. The molecule has 5 nitrogen and oxygen atoms in total. The summed E-state index contributed by atoms with van der Waals surface area (Å²) in [5.41, 5.74) is 9.29. The molecular weight excluding hydrogens is 268 g/mol. The SMILES string of the molecule is COc1ccc(-c2cc(N)ccc2NCC(O)CO)cc1. The molecular formula is C16H20N2O3. The second kappa shape index (κ2) is 6.97. The fourth-order valence-corrected chi connectivity index (χ4v) is 2.02. The monoisotopic (exact) mass is 288 g/mol. The Morgan fingerprint density at radius 3 is 2.52 bits per heavy atom. The van der Waals surface area contributed by atoms with Gasteiger partial charge in [0.05, 0.1) is 19.8 Å². The molecule has 0 aliphatic carbocycles. The number of aliphatic hydroxyl groups excluding tert-OH is 2. The van der Waals surface area contributed by atoms with Gasteiger partial charge in [-0.1, -0.05) is 12.1 Å². The van der Waals surface area contributed by atoms with Crippen LogP contribution in [0.1, 0.15) is 0 Å². The largest absolute Gasteiger partial charge is 0.497 e. The molecule has 21 heavy (non-hydrogen) atoms. The molecule has 0 bridgehead atoms. The molecule has 0 amide bonds.